The Kier molecular flexibility index (Phi) is 7.91. The van der Waals surface area contributed by atoms with Gasteiger partial charge in [-0.05, 0) is 31.4 Å². The van der Waals surface area contributed by atoms with E-state index in [2.05, 4.69) is 4.90 Å². The average molecular weight is 424 g/mol. The van der Waals surface area contributed by atoms with Gasteiger partial charge in [-0.3, -0.25) is 9.69 Å². The highest BCUT2D eigenvalue weighted by atomic mass is 32.2. The number of amides is 1. The van der Waals surface area contributed by atoms with E-state index in [1.54, 1.807) is 0 Å². The molecule has 0 N–H and O–H groups in total. The zero-order valence-corrected chi connectivity index (χ0v) is 18.1. The summed E-state index contributed by atoms with van der Waals surface area (Å²) in [6, 6.07) is 9.24. The highest BCUT2D eigenvalue weighted by molar-refractivity contribution is 7.89. The van der Waals surface area contributed by atoms with Crippen molar-refractivity contribution in [2.75, 3.05) is 51.6 Å². The molecule has 1 unspecified atom stereocenters. The Morgan fingerprint density at radius 2 is 1.79 bits per heavy atom. The van der Waals surface area contributed by atoms with E-state index in [1.165, 1.54) is 4.31 Å². The van der Waals surface area contributed by atoms with Crippen molar-refractivity contribution < 1.29 is 17.9 Å². The summed E-state index contributed by atoms with van der Waals surface area (Å²) in [6.07, 6.45) is 2.95. The lowest BCUT2D eigenvalue weighted by Gasteiger charge is -2.40. The second-order valence-electron chi connectivity index (χ2n) is 7.77. The average Bonchev–Trinajstić information content (AvgIpc) is 2.74. The number of carbonyl (C=O) groups is 1. The van der Waals surface area contributed by atoms with Gasteiger partial charge < -0.3 is 9.64 Å². The maximum absolute atomic E-state index is 13.1. The summed E-state index contributed by atoms with van der Waals surface area (Å²) >= 11 is 0. The smallest absolute Gasteiger partial charge is 0.241 e. The van der Waals surface area contributed by atoms with Crippen molar-refractivity contribution in [3.05, 3.63) is 30.3 Å². The first kappa shape index (κ1) is 22.1. The van der Waals surface area contributed by atoms with Gasteiger partial charge in [-0.25, -0.2) is 8.42 Å². The number of hydrogen-bond acceptors (Lipinski definition) is 5. The Morgan fingerprint density at radius 1 is 1.07 bits per heavy atom. The molecule has 0 aliphatic carbocycles. The number of ether oxygens (including phenoxy) is 1. The molecule has 29 heavy (non-hydrogen) atoms. The van der Waals surface area contributed by atoms with Crippen LogP contribution in [0.2, 0.25) is 0 Å². The van der Waals surface area contributed by atoms with Gasteiger partial charge in [0.2, 0.25) is 15.9 Å². The van der Waals surface area contributed by atoms with Crippen LogP contribution in [0.4, 0.5) is 0 Å². The van der Waals surface area contributed by atoms with Crippen molar-refractivity contribution in [1.82, 2.24) is 14.1 Å². The third kappa shape index (κ3) is 5.93. The Morgan fingerprint density at radius 3 is 2.48 bits per heavy atom. The normalized spacial score (nSPS) is 21.8. The molecule has 1 atom stereocenters. The third-order valence-electron chi connectivity index (χ3n) is 5.66. The van der Waals surface area contributed by atoms with Crippen molar-refractivity contribution in [3.63, 3.8) is 0 Å². The summed E-state index contributed by atoms with van der Waals surface area (Å²) in [6.45, 7) is 6.62. The summed E-state index contributed by atoms with van der Waals surface area (Å²) in [5.74, 6) is 0.961. The molecule has 8 heteroatoms. The number of nitrogens with zero attached hydrogens (tertiary/aromatic N) is 3. The van der Waals surface area contributed by atoms with E-state index in [0.29, 0.717) is 39.1 Å². The second kappa shape index (κ2) is 10.4. The number of para-hydroxylation sites is 1. The van der Waals surface area contributed by atoms with Gasteiger partial charge in [0.25, 0.3) is 0 Å². The summed E-state index contributed by atoms with van der Waals surface area (Å²) in [4.78, 5) is 17.2. The number of carbonyl (C=O) groups excluding carboxylic acids is 1. The molecular formula is C21H33N3O4S. The fourth-order valence-electron chi connectivity index (χ4n) is 4.07. The molecule has 7 nitrogen and oxygen atoms in total. The molecule has 2 aliphatic rings. The molecule has 2 aliphatic heterocycles. The number of piperidine rings is 1. The highest BCUT2D eigenvalue weighted by Crippen LogP contribution is 2.23. The lowest BCUT2D eigenvalue weighted by molar-refractivity contribution is -0.138. The van der Waals surface area contributed by atoms with Crippen molar-refractivity contribution in [2.24, 2.45) is 0 Å². The quantitative estimate of drug-likeness (QED) is 0.638. The van der Waals surface area contributed by atoms with E-state index in [9.17, 15) is 13.2 Å². The first-order chi connectivity index (χ1) is 14.0. The van der Waals surface area contributed by atoms with Crippen LogP contribution >= 0.6 is 0 Å². The SMILES string of the molecule is CCCS(=O)(=O)N1CCCCC1C(=O)N1CCN(CCOc2ccccc2)CC1. The molecule has 2 heterocycles. The van der Waals surface area contributed by atoms with E-state index in [4.69, 9.17) is 4.74 Å². The van der Waals surface area contributed by atoms with Crippen LogP contribution in [0.3, 0.4) is 0 Å². The zero-order chi connectivity index (χ0) is 20.7. The monoisotopic (exact) mass is 423 g/mol. The van der Waals surface area contributed by atoms with Crippen molar-refractivity contribution in [2.45, 2.75) is 38.6 Å². The molecule has 1 amide bonds. The minimum Gasteiger partial charge on any atom is -0.492 e. The van der Waals surface area contributed by atoms with Crippen LogP contribution in [0.5, 0.6) is 5.75 Å². The van der Waals surface area contributed by atoms with Crippen LogP contribution in [-0.4, -0.2) is 86.1 Å². The topological polar surface area (TPSA) is 70.2 Å². The molecule has 3 rings (SSSR count). The largest absolute Gasteiger partial charge is 0.492 e. The van der Waals surface area contributed by atoms with Gasteiger partial charge in [0.1, 0.15) is 18.4 Å². The van der Waals surface area contributed by atoms with Gasteiger partial charge in [-0.2, -0.15) is 4.31 Å². The van der Waals surface area contributed by atoms with Crippen molar-refractivity contribution in [3.8, 4) is 5.75 Å². The predicted octanol–water partition coefficient (Wildman–Crippen LogP) is 1.80. The number of piperazine rings is 1. The molecule has 1 aromatic carbocycles. The van der Waals surface area contributed by atoms with Gasteiger partial charge in [-0.15, -0.1) is 0 Å². The van der Waals surface area contributed by atoms with Gasteiger partial charge in [0.15, 0.2) is 0 Å². The molecule has 162 valence electrons. The first-order valence-electron chi connectivity index (χ1n) is 10.7. The van der Waals surface area contributed by atoms with Crippen LogP contribution in [0.25, 0.3) is 0 Å². The molecule has 0 spiro atoms. The summed E-state index contributed by atoms with van der Waals surface area (Å²) in [5.41, 5.74) is 0. The Labute approximate surface area is 174 Å². The Hall–Kier alpha value is -1.64. The molecule has 2 saturated heterocycles. The molecule has 0 aromatic heterocycles. The summed E-state index contributed by atoms with van der Waals surface area (Å²) in [5, 5.41) is 0. The Balaban J connectivity index is 1.48. The lowest BCUT2D eigenvalue weighted by Crippen LogP contribution is -2.57. The lowest BCUT2D eigenvalue weighted by atomic mass is 10.0. The second-order valence-corrected chi connectivity index (χ2v) is 9.81. The van der Waals surface area contributed by atoms with Crippen LogP contribution in [0.15, 0.2) is 30.3 Å². The van der Waals surface area contributed by atoms with Gasteiger partial charge >= 0.3 is 0 Å². The van der Waals surface area contributed by atoms with E-state index in [-0.39, 0.29) is 11.7 Å². The zero-order valence-electron chi connectivity index (χ0n) is 17.3. The third-order valence-corrected chi connectivity index (χ3v) is 7.74. The van der Waals surface area contributed by atoms with Gasteiger partial charge in [0, 0.05) is 39.3 Å². The van der Waals surface area contributed by atoms with Gasteiger partial charge in [-0.1, -0.05) is 31.5 Å². The van der Waals surface area contributed by atoms with E-state index < -0.39 is 16.1 Å². The molecule has 2 fully saturated rings. The summed E-state index contributed by atoms with van der Waals surface area (Å²) < 4.78 is 32.4. The highest BCUT2D eigenvalue weighted by Gasteiger charge is 2.38. The summed E-state index contributed by atoms with van der Waals surface area (Å²) in [7, 11) is -3.36. The maximum atomic E-state index is 13.1. The standard InChI is InChI=1S/C21H33N3O4S/c1-2-18-29(26,27)24-11-7-6-10-20(24)21(25)23-14-12-22(13-15-23)16-17-28-19-8-4-3-5-9-19/h3-5,8-9,20H,2,6-7,10-18H2,1H3. The van der Waals surface area contributed by atoms with E-state index >= 15 is 0 Å². The molecule has 1 aromatic rings. The van der Waals surface area contributed by atoms with Crippen LogP contribution in [0.1, 0.15) is 32.6 Å². The fourth-order valence-corrected chi connectivity index (χ4v) is 5.81. The first-order valence-corrected chi connectivity index (χ1v) is 12.3. The van der Waals surface area contributed by atoms with E-state index in [0.717, 1.165) is 38.2 Å². The van der Waals surface area contributed by atoms with Crippen LogP contribution < -0.4 is 4.74 Å². The van der Waals surface area contributed by atoms with Gasteiger partial charge in [0.05, 0.1) is 5.75 Å². The number of rotatable bonds is 8. The molecule has 0 radical (unpaired) electrons. The number of benzene rings is 1. The minimum atomic E-state index is -3.36. The predicted molar refractivity (Wildman–Crippen MR) is 113 cm³/mol. The minimum absolute atomic E-state index is 0.0236. The molecular weight excluding hydrogens is 390 g/mol. The number of hydrogen-bond donors (Lipinski definition) is 0. The van der Waals surface area contributed by atoms with Crippen LogP contribution in [-0.2, 0) is 14.8 Å². The molecule has 0 bridgehead atoms. The van der Waals surface area contributed by atoms with Crippen LogP contribution in [0, 0.1) is 0 Å². The van der Waals surface area contributed by atoms with Crippen molar-refractivity contribution >= 4 is 15.9 Å². The molecule has 0 saturated carbocycles. The fraction of sp³-hybridized carbons (Fsp3) is 0.667. The van der Waals surface area contributed by atoms with E-state index in [1.807, 2.05) is 42.2 Å². The Bertz CT molecular complexity index is 748. The van der Waals surface area contributed by atoms with Crippen molar-refractivity contribution in [1.29, 1.82) is 0 Å². The maximum Gasteiger partial charge on any atom is 0.241 e. The number of sulfonamides is 1.